The Labute approximate surface area is 165 Å². The van der Waals surface area contributed by atoms with Crippen molar-refractivity contribution in [3.05, 3.63) is 53.0 Å². The molecule has 1 aliphatic rings. The Kier molecular flexibility index (Phi) is 6.57. The molecule has 0 spiro atoms. The van der Waals surface area contributed by atoms with E-state index in [1.807, 2.05) is 24.3 Å². The molecule has 0 unspecified atom stereocenters. The van der Waals surface area contributed by atoms with Crippen LogP contribution in [0, 0.1) is 12.8 Å². The number of rotatable bonds is 8. The third kappa shape index (κ3) is 5.28. The van der Waals surface area contributed by atoms with Crippen molar-refractivity contribution in [3.8, 4) is 5.75 Å². The van der Waals surface area contributed by atoms with Gasteiger partial charge in [0.25, 0.3) is 0 Å². The zero-order valence-corrected chi connectivity index (χ0v) is 16.6. The van der Waals surface area contributed by atoms with Gasteiger partial charge in [0.2, 0.25) is 0 Å². The van der Waals surface area contributed by atoms with Crippen molar-refractivity contribution in [2.75, 3.05) is 20.8 Å². The summed E-state index contributed by atoms with van der Waals surface area (Å²) >= 11 is 0. The number of carbonyl (C=O) groups is 1. The Morgan fingerprint density at radius 1 is 1.25 bits per heavy atom. The van der Waals surface area contributed by atoms with Crippen molar-refractivity contribution in [2.45, 2.75) is 32.9 Å². The number of aliphatic imine (C=N–C) groups is 1. The highest BCUT2D eigenvalue weighted by atomic mass is 16.5. The van der Waals surface area contributed by atoms with Crippen LogP contribution in [0.25, 0.3) is 0 Å². The zero-order valence-electron chi connectivity index (χ0n) is 16.6. The molecule has 1 aliphatic carbocycles. The van der Waals surface area contributed by atoms with Crippen LogP contribution in [0.4, 0.5) is 0 Å². The van der Waals surface area contributed by atoms with E-state index in [2.05, 4.69) is 15.6 Å². The van der Waals surface area contributed by atoms with Gasteiger partial charge >= 0.3 is 5.97 Å². The van der Waals surface area contributed by atoms with Crippen LogP contribution in [-0.2, 0) is 17.8 Å². The second kappa shape index (κ2) is 9.30. The SMILES string of the molecule is CN=C(NCc1cc(C(=O)OC)c(C)o1)NCc1ccccc1OCC1CC1. The van der Waals surface area contributed by atoms with Crippen LogP contribution in [0.3, 0.4) is 0 Å². The molecule has 0 atom stereocenters. The van der Waals surface area contributed by atoms with Gasteiger partial charge in [-0.15, -0.1) is 0 Å². The van der Waals surface area contributed by atoms with Crippen LogP contribution in [-0.4, -0.2) is 32.7 Å². The van der Waals surface area contributed by atoms with Gasteiger partial charge in [0.15, 0.2) is 5.96 Å². The number of nitrogens with zero attached hydrogens (tertiary/aromatic N) is 1. The fourth-order valence-corrected chi connectivity index (χ4v) is 2.80. The Balaban J connectivity index is 1.53. The molecular weight excluding hydrogens is 358 g/mol. The molecule has 1 heterocycles. The van der Waals surface area contributed by atoms with Crippen LogP contribution >= 0.6 is 0 Å². The number of carbonyl (C=O) groups excluding carboxylic acids is 1. The molecule has 1 aromatic carbocycles. The molecular formula is C21H27N3O4. The van der Waals surface area contributed by atoms with Gasteiger partial charge in [-0.25, -0.2) is 4.79 Å². The van der Waals surface area contributed by atoms with E-state index in [1.54, 1.807) is 20.0 Å². The quantitative estimate of drug-likeness (QED) is 0.413. The van der Waals surface area contributed by atoms with Gasteiger partial charge in [-0.05, 0) is 37.8 Å². The van der Waals surface area contributed by atoms with E-state index in [1.165, 1.54) is 20.0 Å². The molecule has 0 bridgehead atoms. The number of ether oxygens (including phenoxy) is 2. The van der Waals surface area contributed by atoms with Crippen LogP contribution < -0.4 is 15.4 Å². The van der Waals surface area contributed by atoms with Crippen LogP contribution in [0.1, 0.15) is 40.3 Å². The summed E-state index contributed by atoms with van der Waals surface area (Å²) in [5, 5.41) is 6.47. The molecule has 28 heavy (non-hydrogen) atoms. The minimum atomic E-state index is -0.405. The maximum absolute atomic E-state index is 11.7. The number of hydrogen-bond donors (Lipinski definition) is 2. The molecule has 1 fully saturated rings. The summed E-state index contributed by atoms with van der Waals surface area (Å²) in [6, 6.07) is 9.70. The Bertz CT molecular complexity index is 840. The van der Waals surface area contributed by atoms with Gasteiger partial charge in [-0.3, -0.25) is 4.99 Å². The third-order valence-corrected chi connectivity index (χ3v) is 4.62. The lowest BCUT2D eigenvalue weighted by molar-refractivity contribution is 0.0599. The molecule has 0 amide bonds. The Morgan fingerprint density at radius 3 is 2.71 bits per heavy atom. The van der Waals surface area contributed by atoms with E-state index in [9.17, 15) is 4.79 Å². The predicted molar refractivity (Wildman–Crippen MR) is 106 cm³/mol. The van der Waals surface area contributed by atoms with Crippen LogP contribution in [0.15, 0.2) is 39.7 Å². The second-order valence-electron chi connectivity index (χ2n) is 6.82. The summed E-state index contributed by atoms with van der Waals surface area (Å²) in [5.41, 5.74) is 1.51. The van der Waals surface area contributed by atoms with Gasteiger partial charge in [0, 0.05) is 19.2 Å². The van der Waals surface area contributed by atoms with E-state index in [4.69, 9.17) is 13.9 Å². The first-order valence-electron chi connectivity index (χ1n) is 9.43. The normalized spacial score (nSPS) is 13.9. The highest BCUT2D eigenvalue weighted by molar-refractivity contribution is 5.90. The van der Waals surface area contributed by atoms with Crippen molar-refractivity contribution < 1.29 is 18.7 Å². The molecule has 150 valence electrons. The van der Waals surface area contributed by atoms with Gasteiger partial charge in [0.1, 0.15) is 22.8 Å². The highest BCUT2D eigenvalue weighted by Gasteiger charge is 2.22. The zero-order chi connectivity index (χ0) is 19.9. The molecule has 7 heteroatoms. The molecule has 1 saturated carbocycles. The summed E-state index contributed by atoms with van der Waals surface area (Å²) in [6.45, 7) is 3.51. The fraction of sp³-hybridized carbons (Fsp3) is 0.429. The maximum atomic E-state index is 11.7. The molecule has 0 saturated heterocycles. The molecule has 7 nitrogen and oxygen atoms in total. The largest absolute Gasteiger partial charge is 0.493 e. The summed E-state index contributed by atoms with van der Waals surface area (Å²) in [4.78, 5) is 15.9. The molecule has 2 aromatic rings. The average molecular weight is 385 g/mol. The number of furan rings is 1. The number of benzene rings is 1. The standard InChI is InChI=1S/C21H27N3O4/c1-14-18(20(25)26-3)10-17(28-14)12-24-21(22-2)23-11-16-6-4-5-7-19(16)27-13-15-8-9-15/h4-7,10,15H,8-9,11-13H2,1-3H3,(H2,22,23,24). The van der Waals surface area contributed by atoms with Gasteiger partial charge in [-0.1, -0.05) is 18.2 Å². The van der Waals surface area contributed by atoms with Crippen molar-refractivity contribution >= 4 is 11.9 Å². The second-order valence-corrected chi connectivity index (χ2v) is 6.82. The molecule has 1 aromatic heterocycles. The van der Waals surface area contributed by atoms with Crippen molar-refractivity contribution in [2.24, 2.45) is 10.9 Å². The summed E-state index contributed by atoms with van der Waals surface area (Å²) in [6.07, 6.45) is 2.53. The lowest BCUT2D eigenvalue weighted by Crippen LogP contribution is -2.36. The number of nitrogens with one attached hydrogen (secondary N) is 2. The molecule has 0 aliphatic heterocycles. The van der Waals surface area contributed by atoms with Crippen LogP contribution in [0.2, 0.25) is 0 Å². The minimum absolute atomic E-state index is 0.400. The van der Waals surface area contributed by atoms with E-state index >= 15 is 0 Å². The number of hydrogen-bond acceptors (Lipinski definition) is 5. The first-order valence-corrected chi connectivity index (χ1v) is 9.43. The lowest BCUT2D eigenvalue weighted by atomic mass is 10.2. The number of aryl methyl sites for hydroxylation is 1. The highest BCUT2D eigenvalue weighted by Crippen LogP contribution is 2.30. The van der Waals surface area contributed by atoms with E-state index in [-0.39, 0.29) is 0 Å². The maximum Gasteiger partial charge on any atom is 0.341 e. The van der Waals surface area contributed by atoms with Gasteiger partial charge in [-0.2, -0.15) is 0 Å². The topological polar surface area (TPSA) is 85.1 Å². The first-order chi connectivity index (χ1) is 13.6. The van der Waals surface area contributed by atoms with E-state index < -0.39 is 5.97 Å². The third-order valence-electron chi connectivity index (χ3n) is 4.62. The van der Waals surface area contributed by atoms with E-state index in [0.717, 1.165) is 17.9 Å². The van der Waals surface area contributed by atoms with Crippen LogP contribution in [0.5, 0.6) is 5.75 Å². The summed E-state index contributed by atoms with van der Waals surface area (Å²) in [7, 11) is 3.06. The Hall–Kier alpha value is -2.96. The summed E-state index contributed by atoms with van der Waals surface area (Å²) < 4.78 is 16.3. The Morgan fingerprint density at radius 2 is 2.00 bits per heavy atom. The van der Waals surface area contributed by atoms with Gasteiger partial charge in [0.05, 0.1) is 20.3 Å². The predicted octanol–water partition coefficient (Wildman–Crippen LogP) is 3.03. The number of methoxy groups -OCH3 is 1. The number of esters is 1. The van der Waals surface area contributed by atoms with Crippen molar-refractivity contribution in [3.63, 3.8) is 0 Å². The fourth-order valence-electron chi connectivity index (χ4n) is 2.80. The monoisotopic (exact) mass is 385 g/mol. The lowest BCUT2D eigenvalue weighted by Gasteiger charge is -2.14. The molecule has 3 rings (SSSR count). The smallest absolute Gasteiger partial charge is 0.341 e. The van der Waals surface area contributed by atoms with E-state index in [0.29, 0.717) is 42.1 Å². The minimum Gasteiger partial charge on any atom is -0.493 e. The molecule has 2 N–H and O–H groups in total. The first kappa shape index (κ1) is 19.8. The summed E-state index contributed by atoms with van der Waals surface area (Å²) in [5.74, 6) is 3.01. The number of para-hydroxylation sites is 1. The van der Waals surface area contributed by atoms with Gasteiger partial charge < -0.3 is 24.5 Å². The number of guanidine groups is 1. The molecule has 0 radical (unpaired) electrons. The average Bonchev–Trinajstić information content (AvgIpc) is 3.47. The van der Waals surface area contributed by atoms with Crippen molar-refractivity contribution in [1.29, 1.82) is 0 Å². The van der Waals surface area contributed by atoms with Crippen molar-refractivity contribution in [1.82, 2.24) is 10.6 Å².